The van der Waals surface area contributed by atoms with Crippen LogP contribution >= 0.6 is 0 Å². The molecular formula is C19H18F6N4O2. The first-order valence-electron chi connectivity index (χ1n) is 8.82. The summed E-state index contributed by atoms with van der Waals surface area (Å²) in [5.74, 6) is -0.516. The van der Waals surface area contributed by atoms with Crippen molar-refractivity contribution in [3.63, 3.8) is 0 Å². The molecule has 0 bridgehead atoms. The standard InChI is InChI=1S/C19H18F6N4O2/c1-9-4-5-10(17(31,16(2,3)30)19(23,24)25)6-11(9)12-7-27-15-14(26)28-13(8-29(12)15)18(20,21)22/h4-8,30-31H,1-3H3,(H2,26,28). The van der Waals surface area contributed by atoms with Crippen molar-refractivity contribution in [2.75, 3.05) is 5.73 Å². The van der Waals surface area contributed by atoms with E-state index in [1.54, 1.807) is 0 Å². The lowest BCUT2D eigenvalue weighted by Gasteiger charge is -2.40. The van der Waals surface area contributed by atoms with Crippen LogP contribution in [0, 0.1) is 6.92 Å². The molecule has 1 atom stereocenters. The number of imidazole rings is 1. The fourth-order valence-electron chi connectivity index (χ4n) is 3.33. The molecule has 0 spiro atoms. The van der Waals surface area contributed by atoms with Crippen LogP contribution < -0.4 is 5.73 Å². The molecule has 0 amide bonds. The van der Waals surface area contributed by atoms with Gasteiger partial charge in [-0.3, -0.25) is 4.40 Å². The first-order valence-corrected chi connectivity index (χ1v) is 8.82. The number of alkyl halides is 6. The second-order valence-corrected chi connectivity index (χ2v) is 7.64. The topological polar surface area (TPSA) is 96.7 Å². The number of nitrogen functional groups attached to an aromatic ring is 1. The summed E-state index contributed by atoms with van der Waals surface area (Å²) < 4.78 is 81.8. The second-order valence-electron chi connectivity index (χ2n) is 7.64. The van der Waals surface area contributed by atoms with E-state index in [2.05, 4.69) is 9.97 Å². The number of hydrogen-bond acceptors (Lipinski definition) is 5. The van der Waals surface area contributed by atoms with E-state index in [4.69, 9.17) is 5.73 Å². The van der Waals surface area contributed by atoms with Gasteiger partial charge in [-0.1, -0.05) is 12.1 Å². The van der Waals surface area contributed by atoms with E-state index in [1.165, 1.54) is 13.0 Å². The summed E-state index contributed by atoms with van der Waals surface area (Å²) in [5.41, 5.74) is -2.40. The highest BCUT2D eigenvalue weighted by molar-refractivity contribution is 5.72. The summed E-state index contributed by atoms with van der Waals surface area (Å²) in [6.07, 6.45) is -8.31. The van der Waals surface area contributed by atoms with E-state index in [0.717, 1.165) is 36.6 Å². The fourth-order valence-corrected chi connectivity index (χ4v) is 3.33. The number of aromatic nitrogens is 3. The number of aliphatic hydroxyl groups is 2. The van der Waals surface area contributed by atoms with Crippen LogP contribution in [0.5, 0.6) is 0 Å². The highest BCUT2D eigenvalue weighted by Crippen LogP contribution is 2.47. The molecule has 0 aliphatic carbocycles. The molecule has 0 saturated carbocycles. The Morgan fingerprint density at radius 2 is 1.65 bits per heavy atom. The van der Waals surface area contributed by atoms with E-state index in [9.17, 15) is 36.6 Å². The Kier molecular flexibility index (Phi) is 5.02. The maximum Gasteiger partial charge on any atom is 0.434 e. The van der Waals surface area contributed by atoms with Crippen molar-refractivity contribution in [3.8, 4) is 11.3 Å². The maximum absolute atomic E-state index is 13.8. The molecule has 1 unspecified atom stereocenters. The Morgan fingerprint density at radius 3 is 2.16 bits per heavy atom. The van der Waals surface area contributed by atoms with E-state index in [0.29, 0.717) is 11.8 Å². The van der Waals surface area contributed by atoms with Gasteiger partial charge >= 0.3 is 12.4 Å². The summed E-state index contributed by atoms with van der Waals surface area (Å²) >= 11 is 0. The minimum atomic E-state index is -5.25. The van der Waals surface area contributed by atoms with Crippen LogP contribution in [0.4, 0.5) is 32.2 Å². The lowest BCUT2D eigenvalue weighted by atomic mass is 9.78. The third kappa shape index (κ3) is 3.59. The number of halogens is 6. The molecule has 0 saturated heterocycles. The molecule has 168 valence electrons. The highest BCUT2D eigenvalue weighted by Gasteiger charge is 2.63. The van der Waals surface area contributed by atoms with Crippen LogP contribution in [-0.2, 0) is 11.8 Å². The Hall–Kier alpha value is -2.86. The van der Waals surface area contributed by atoms with Gasteiger partial charge in [-0.05, 0) is 38.0 Å². The Morgan fingerprint density at radius 1 is 1.03 bits per heavy atom. The molecule has 0 aliphatic rings. The Balaban J connectivity index is 2.31. The van der Waals surface area contributed by atoms with Crippen molar-refractivity contribution in [1.29, 1.82) is 0 Å². The zero-order valence-corrected chi connectivity index (χ0v) is 16.5. The van der Waals surface area contributed by atoms with Gasteiger partial charge in [0.05, 0.1) is 11.9 Å². The van der Waals surface area contributed by atoms with E-state index in [1.807, 2.05) is 0 Å². The summed E-state index contributed by atoms with van der Waals surface area (Å²) in [6, 6.07) is 3.19. The lowest BCUT2D eigenvalue weighted by Crippen LogP contribution is -2.57. The molecule has 4 N–H and O–H groups in total. The van der Waals surface area contributed by atoms with Crippen LogP contribution in [0.15, 0.2) is 30.6 Å². The SMILES string of the molecule is Cc1ccc(C(O)(C(C)(C)O)C(F)(F)F)cc1-c1cnc2c(N)nc(C(F)(F)F)cn12. The van der Waals surface area contributed by atoms with Crippen molar-refractivity contribution in [2.45, 2.75) is 44.3 Å². The average molecular weight is 448 g/mol. The molecule has 3 rings (SSSR count). The van der Waals surface area contributed by atoms with Crippen LogP contribution in [-0.4, -0.2) is 36.4 Å². The van der Waals surface area contributed by atoms with Crippen molar-refractivity contribution in [3.05, 3.63) is 47.4 Å². The van der Waals surface area contributed by atoms with Crippen LogP contribution in [0.25, 0.3) is 16.9 Å². The molecule has 0 aliphatic heterocycles. The van der Waals surface area contributed by atoms with Gasteiger partial charge in [0.15, 0.2) is 17.2 Å². The molecule has 0 fully saturated rings. The first-order chi connectivity index (χ1) is 14.0. The number of hydrogen-bond donors (Lipinski definition) is 3. The van der Waals surface area contributed by atoms with Crippen molar-refractivity contribution in [2.24, 2.45) is 0 Å². The predicted octanol–water partition coefficient (Wildman–Crippen LogP) is 3.83. The van der Waals surface area contributed by atoms with Gasteiger partial charge in [-0.15, -0.1) is 0 Å². The zero-order valence-electron chi connectivity index (χ0n) is 16.5. The van der Waals surface area contributed by atoms with Gasteiger partial charge in [-0.25, -0.2) is 9.97 Å². The van der Waals surface area contributed by atoms with Gasteiger partial charge in [0.25, 0.3) is 0 Å². The van der Waals surface area contributed by atoms with Crippen molar-refractivity contribution < 1.29 is 36.6 Å². The first kappa shape index (κ1) is 22.8. The van der Waals surface area contributed by atoms with Gasteiger partial charge in [0.1, 0.15) is 5.60 Å². The van der Waals surface area contributed by atoms with Crippen molar-refractivity contribution >= 4 is 11.5 Å². The van der Waals surface area contributed by atoms with E-state index in [-0.39, 0.29) is 16.9 Å². The summed E-state index contributed by atoms with van der Waals surface area (Å²) in [6.45, 7) is 3.12. The Labute approximate surface area is 172 Å². The maximum atomic E-state index is 13.8. The molecule has 2 aromatic heterocycles. The number of anilines is 1. The van der Waals surface area contributed by atoms with Crippen molar-refractivity contribution in [1.82, 2.24) is 14.4 Å². The smallest absolute Gasteiger partial charge is 0.387 e. The highest BCUT2D eigenvalue weighted by atomic mass is 19.4. The molecule has 6 nitrogen and oxygen atoms in total. The summed E-state index contributed by atoms with van der Waals surface area (Å²) in [7, 11) is 0. The molecule has 1 aromatic carbocycles. The predicted molar refractivity (Wildman–Crippen MR) is 98.8 cm³/mol. The molecule has 3 aromatic rings. The zero-order chi connectivity index (χ0) is 23.6. The monoisotopic (exact) mass is 448 g/mol. The fraction of sp³-hybridized carbons (Fsp3) is 0.368. The number of nitrogens with two attached hydrogens (primary N) is 1. The lowest BCUT2D eigenvalue weighted by molar-refractivity contribution is -0.319. The largest absolute Gasteiger partial charge is 0.434 e. The summed E-state index contributed by atoms with van der Waals surface area (Å²) in [4.78, 5) is 7.19. The quantitative estimate of drug-likeness (QED) is 0.530. The average Bonchev–Trinajstić information content (AvgIpc) is 3.03. The van der Waals surface area contributed by atoms with E-state index >= 15 is 0 Å². The number of nitrogens with zero attached hydrogens (tertiary/aromatic N) is 3. The number of rotatable bonds is 3. The Bertz CT molecular complexity index is 1130. The summed E-state index contributed by atoms with van der Waals surface area (Å²) in [5, 5.41) is 20.6. The van der Waals surface area contributed by atoms with Gasteiger partial charge in [0, 0.05) is 11.8 Å². The molecule has 12 heteroatoms. The number of benzene rings is 1. The minimum absolute atomic E-state index is 0.00535. The second kappa shape index (κ2) is 6.82. The minimum Gasteiger partial charge on any atom is -0.387 e. The molecule has 2 heterocycles. The third-order valence-corrected chi connectivity index (χ3v) is 5.04. The van der Waals surface area contributed by atoms with Gasteiger partial charge in [-0.2, -0.15) is 26.3 Å². The van der Waals surface area contributed by atoms with Crippen LogP contribution in [0.1, 0.15) is 30.7 Å². The van der Waals surface area contributed by atoms with Gasteiger partial charge < -0.3 is 15.9 Å². The van der Waals surface area contributed by atoms with Gasteiger partial charge in [0.2, 0.25) is 5.60 Å². The number of fused-ring (bicyclic) bond motifs is 1. The molecule has 31 heavy (non-hydrogen) atoms. The number of aryl methyl sites for hydroxylation is 1. The molecular weight excluding hydrogens is 430 g/mol. The van der Waals surface area contributed by atoms with Crippen LogP contribution in [0.3, 0.4) is 0 Å². The third-order valence-electron chi connectivity index (χ3n) is 5.04. The molecule has 0 radical (unpaired) electrons. The van der Waals surface area contributed by atoms with E-state index < -0.39 is 40.6 Å². The normalized spacial score (nSPS) is 15.3. The van der Waals surface area contributed by atoms with Crippen LogP contribution in [0.2, 0.25) is 0 Å².